The van der Waals surface area contributed by atoms with E-state index in [1.54, 1.807) is 0 Å². The zero-order valence-electron chi connectivity index (χ0n) is 11.2. The Morgan fingerprint density at radius 3 is 2.76 bits per heavy atom. The second kappa shape index (κ2) is 5.38. The van der Waals surface area contributed by atoms with Crippen LogP contribution in [0.5, 0.6) is 0 Å². The van der Waals surface area contributed by atoms with Crippen LogP contribution in [0.3, 0.4) is 0 Å². The van der Waals surface area contributed by atoms with Crippen LogP contribution in [-0.4, -0.2) is 29.4 Å². The van der Waals surface area contributed by atoms with Crippen LogP contribution < -0.4 is 5.73 Å². The van der Waals surface area contributed by atoms with Gasteiger partial charge in [-0.15, -0.1) is 0 Å². The van der Waals surface area contributed by atoms with Crippen molar-refractivity contribution in [1.29, 1.82) is 0 Å². The number of carbonyl (C=O) groups excluding carboxylic acids is 1. The van der Waals surface area contributed by atoms with Crippen LogP contribution >= 0.6 is 0 Å². The Bertz CT molecular complexity index is 279. The Morgan fingerprint density at radius 1 is 1.35 bits per heavy atom. The van der Waals surface area contributed by atoms with Gasteiger partial charge in [-0.1, -0.05) is 20.3 Å². The van der Waals surface area contributed by atoms with E-state index in [1.807, 2.05) is 0 Å². The third-order valence-corrected chi connectivity index (χ3v) is 4.44. The average Bonchev–Trinajstić information content (AvgIpc) is 2.69. The first kappa shape index (κ1) is 12.9. The highest BCUT2D eigenvalue weighted by Gasteiger charge is 2.36. The summed E-state index contributed by atoms with van der Waals surface area (Å²) in [6, 6.07) is 0.730. The Balaban J connectivity index is 1.98. The fraction of sp³-hybridized carbons (Fsp3) is 0.929. The molecular formula is C14H26N2O. The molecule has 2 rings (SSSR count). The fourth-order valence-corrected chi connectivity index (χ4v) is 3.49. The Hall–Kier alpha value is -0.570. The van der Waals surface area contributed by atoms with Crippen LogP contribution in [0.1, 0.15) is 52.4 Å². The molecule has 2 N–H and O–H groups in total. The van der Waals surface area contributed by atoms with Crippen LogP contribution in [-0.2, 0) is 4.79 Å². The molecule has 0 aromatic carbocycles. The van der Waals surface area contributed by atoms with Gasteiger partial charge < -0.3 is 10.6 Å². The van der Waals surface area contributed by atoms with Crippen molar-refractivity contribution in [1.82, 2.24) is 4.90 Å². The first-order valence-corrected chi connectivity index (χ1v) is 7.17. The molecule has 3 heteroatoms. The van der Waals surface area contributed by atoms with Gasteiger partial charge in [0.05, 0.1) is 0 Å². The number of amides is 1. The summed E-state index contributed by atoms with van der Waals surface area (Å²) in [7, 11) is 0. The zero-order valence-corrected chi connectivity index (χ0v) is 11.2. The first-order valence-electron chi connectivity index (χ1n) is 7.17. The average molecular weight is 238 g/mol. The van der Waals surface area contributed by atoms with Gasteiger partial charge in [0.1, 0.15) is 0 Å². The van der Waals surface area contributed by atoms with Crippen molar-refractivity contribution in [2.24, 2.45) is 17.6 Å². The quantitative estimate of drug-likeness (QED) is 0.801. The Morgan fingerprint density at radius 2 is 2.12 bits per heavy atom. The van der Waals surface area contributed by atoms with Crippen LogP contribution in [0.15, 0.2) is 0 Å². The molecule has 1 saturated heterocycles. The molecule has 98 valence electrons. The first-order chi connectivity index (χ1) is 8.11. The van der Waals surface area contributed by atoms with Crippen molar-refractivity contribution in [2.45, 2.75) is 64.5 Å². The van der Waals surface area contributed by atoms with Crippen LogP contribution in [0.25, 0.3) is 0 Å². The Labute approximate surface area is 105 Å². The molecule has 1 saturated carbocycles. The van der Waals surface area contributed by atoms with Crippen molar-refractivity contribution in [3.8, 4) is 0 Å². The summed E-state index contributed by atoms with van der Waals surface area (Å²) in [5, 5.41) is 0. The molecule has 0 aromatic heterocycles. The highest BCUT2D eigenvalue weighted by molar-refractivity contribution is 5.79. The molecule has 1 heterocycles. The molecule has 1 aliphatic carbocycles. The molecule has 17 heavy (non-hydrogen) atoms. The van der Waals surface area contributed by atoms with E-state index in [4.69, 9.17) is 5.73 Å². The summed E-state index contributed by atoms with van der Waals surface area (Å²) < 4.78 is 0. The van der Waals surface area contributed by atoms with Gasteiger partial charge in [-0.3, -0.25) is 4.79 Å². The second-order valence-electron chi connectivity index (χ2n) is 6.02. The second-order valence-corrected chi connectivity index (χ2v) is 6.02. The lowest BCUT2D eigenvalue weighted by atomic mass is 9.85. The number of hydrogen-bond donors (Lipinski definition) is 1. The van der Waals surface area contributed by atoms with E-state index in [0.29, 0.717) is 17.9 Å². The minimum atomic E-state index is 0.207. The van der Waals surface area contributed by atoms with Crippen LogP contribution in [0.2, 0.25) is 0 Å². The summed E-state index contributed by atoms with van der Waals surface area (Å²) in [6.07, 6.45) is 6.44. The van der Waals surface area contributed by atoms with Crippen molar-refractivity contribution in [2.75, 3.05) is 6.54 Å². The molecule has 2 aliphatic rings. The number of hydrogen-bond acceptors (Lipinski definition) is 2. The summed E-state index contributed by atoms with van der Waals surface area (Å²) in [5.41, 5.74) is 5.99. The predicted octanol–water partition coefficient (Wildman–Crippen LogP) is 2.15. The summed E-state index contributed by atoms with van der Waals surface area (Å²) >= 11 is 0. The monoisotopic (exact) mass is 238 g/mol. The minimum absolute atomic E-state index is 0.207. The van der Waals surface area contributed by atoms with Gasteiger partial charge >= 0.3 is 0 Å². The van der Waals surface area contributed by atoms with Crippen LogP contribution in [0.4, 0.5) is 0 Å². The van der Waals surface area contributed by atoms with Crippen molar-refractivity contribution in [3.05, 3.63) is 0 Å². The van der Waals surface area contributed by atoms with E-state index < -0.39 is 0 Å². The number of rotatable bonds is 2. The zero-order chi connectivity index (χ0) is 12.4. The van der Waals surface area contributed by atoms with Gasteiger partial charge in [-0.2, -0.15) is 0 Å². The van der Waals surface area contributed by atoms with Gasteiger partial charge in [-0.05, 0) is 38.0 Å². The van der Waals surface area contributed by atoms with Crippen molar-refractivity contribution in [3.63, 3.8) is 0 Å². The molecule has 4 unspecified atom stereocenters. The molecule has 0 aromatic rings. The van der Waals surface area contributed by atoms with E-state index in [2.05, 4.69) is 18.7 Å². The largest absolute Gasteiger partial charge is 0.339 e. The smallest absolute Gasteiger partial charge is 0.225 e. The summed E-state index contributed by atoms with van der Waals surface area (Å²) in [4.78, 5) is 14.7. The van der Waals surface area contributed by atoms with E-state index in [0.717, 1.165) is 38.6 Å². The van der Waals surface area contributed by atoms with Gasteiger partial charge in [0, 0.05) is 24.5 Å². The lowest BCUT2D eigenvalue weighted by molar-refractivity contribution is -0.137. The third kappa shape index (κ3) is 2.82. The molecule has 2 fully saturated rings. The molecule has 0 radical (unpaired) electrons. The van der Waals surface area contributed by atoms with Crippen molar-refractivity contribution < 1.29 is 4.79 Å². The molecule has 1 aliphatic heterocycles. The fourth-order valence-electron chi connectivity index (χ4n) is 3.49. The molecule has 0 spiro atoms. The molecule has 3 nitrogen and oxygen atoms in total. The summed E-state index contributed by atoms with van der Waals surface area (Å²) in [5.74, 6) is 1.26. The topological polar surface area (TPSA) is 46.3 Å². The molecule has 1 amide bonds. The lowest BCUT2D eigenvalue weighted by Crippen LogP contribution is -2.42. The molecule has 0 bridgehead atoms. The number of nitrogens with two attached hydrogens (primary N) is 1. The van der Waals surface area contributed by atoms with E-state index in [1.165, 1.54) is 6.42 Å². The number of nitrogens with zero attached hydrogens (tertiary/aromatic N) is 1. The number of carbonyl (C=O) groups is 1. The SMILES string of the molecule is CCC1CC(C)CN1C(=O)C1CCCC(N)C1. The predicted molar refractivity (Wildman–Crippen MR) is 69.5 cm³/mol. The maximum atomic E-state index is 12.5. The van der Waals surface area contributed by atoms with E-state index in [-0.39, 0.29) is 12.0 Å². The van der Waals surface area contributed by atoms with Gasteiger partial charge in [-0.25, -0.2) is 0 Å². The minimum Gasteiger partial charge on any atom is -0.339 e. The van der Waals surface area contributed by atoms with E-state index >= 15 is 0 Å². The maximum Gasteiger partial charge on any atom is 0.225 e. The maximum absolute atomic E-state index is 12.5. The Kier molecular flexibility index (Phi) is 4.08. The molecule has 4 atom stereocenters. The van der Waals surface area contributed by atoms with Gasteiger partial charge in [0.2, 0.25) is 5.91 Å². The summed E-state index contributed by atoms with van der Waals surface area (Å²) in [6.45, 7) is 5.40. The van der Waals surface area contributed by atoms with E-state index in [9.17, 15) is 4.79 Å². The third-order valence-electron chi connectivity index (χ3n) is 4.44. The number of likely N-dealkylation sites (tertiary alicyclic amines) is 1. The van der Waals surface area contributed by atoms with Crippen LogP contribution in [0, 0.1) is 11.8 Å². The van der Waals surface area contributed by atoms with Crippen molar-refractivity contribution >= 4 is 5.91 Å². The van der Waals surface area contributed by atoms with Gasteiger partial charge in [0.25, 0.3) is 0 Å². The van der Waals surface area contributed by atoms with Gasteiger partial charge in [0.15, 0.2) is 0 Å². The molecular weight excluding hydrogens is 212 g/mol. The standard InChI is InChI=1S/C14H26N2O/c1-3-13-7-10(2)9-16(13)14(17)11-5-4-6-12(15)8-11/h10-13H,3-9,15H2,1-2H3. The normalized spacial score (nSPS) is 38.4. The highest BCUT2D eigenvalue weighted by atomic mass is 16.2. The highest BCUT2D eigenvalue weighted by Crippen LogP contribution is 2.31. The lowest BCUT2D eigenvalue weighted by Gasteiger charge is -2.32.